The Morgan fingerprint density at radius 1 is 1.78 bits per heavy atom. The molecule has 0 aromatic rings. The van der Waals surface area contributed by atoms with Gasteiger partial charge in [-0.3, -0.25) is 4.21 Å². The van der Waals surface area contributed by atoms with Crippen molar-refractivity contribution in [1.82, 2.24) is 0 Å². The Morgan fingerprint density at radius 2 is 2.56 bits per heavy atom. The van der Waals surface area contributed by atoms with Crippen LogP contribution in [0.25, 0.3) is 5.32 Å². The van der Waals surface area contributed by atoms with Crippen LogP contribution in [0.2, 0.25) is 0 Å². The predicted molar refractivity (Wildman–Crippen MR) is 40.2 cm³/mol. The molecule has 9 heavy (non-hydrogen) atoms. The van der Waals surface area contributed by atoms with Crippen molar-refractivity contribution in [2.24, 2.45) is 0 Å². The molecule has 1 saturated heterocycles. The van der Waals surface area contributed by atoms with Crippen LogP contribution in [0.1, 0.15) is 12.8 Å². The van der Waals surface area contributed by atoms with E-state index in [1.54, 1.807) is 7.05 Å². The fourth-order valence-electron chi connectivity index (χ4n) is 1.13. The van der Waals surface area contributed by atoms with Crippen molar-refractivity contribution in [3.05, 3.63) is 5.32 Å². The van der Waals surface area contributed by atoms with Crippen LogP contribution >= 0.6 is 0 Å². The van der Waals surface area contributed by atoms with Gasteiger partial charge >= 0.3 is 0 Å². The lowest BCUT2D eigenvalue weighted by molar-refractivity contribution is 0.678. The molecule has 1 heterocycles. The summed E-state index contributed by atoms with van der Waals surface area (Å²) < 4.78 is 11.0. The fourth-order valence-corrected chi connectivity index (χ4v) is 2.66. The maximum atomic E-state index is 11.0. The second-order valence-corrected chi connectivity index (χ2v) is 4.18. The van der Waals surface area contributed by atoms with Crippen LogP contribution < -0.4 is 0 Å². The average molecular weight is 146 g/mol. The maximum absolute atomic E-state index is 11.0. The van der Waals surface area contributed by atoms with Gasteiger partial charge in [-0.25, -0.2) is 0 Å². The van der Waals surface area contributed by atoms with Crippen LogP contribution in [0.5, 0.6) is 0 Å². The summed E-state index contributed by atoms with van der Waals surface area (Å²) in [6.45, 7) is 0.798. The third kappa shape index (κ3) is 1.76. The van der Waals surface area contributed by atoms with Gasteiger partial charge in [0.2, 0.25) is 0 Å². The molecule has 1 aliphatic heterocycles. The third-order valence-electron chi connectivity index (χ3n) is 1.63. The molecule has 2 atom stereocenters. The van der Waals surface area contributed by atoms with Crippen molar-refractivity contribution < 1.29 is 4.21 Å². The molecule has 3 heteroatoms. The van der Waals surface area contributed by atoms with Gasteiger partial charge in [0, 0.05) is 21.8 Å². The third-order valence-corrected chi connectivity index (χ3v) is 3.45. The van der Waals surface area contributed by atoms with Crippen LogP contribution in [-0.4, -0.2) is 28.8 Å². The van der Waals surface area contributed by atoms with E-state index in [1.807, 2.05) is 0 Å². The highest BCUT2D eigenvalue weighted by atomic mass is 32.2. The molecule has 2 unspecified atom stereocenters. The normalized spacial score (nSPS) is 35.2. The van der Waals surface area contributed by atoms with E-state index < -0.39 is 10.8 Å². The maximum Gasteiger partial charge on any atom is 0.0237 e. The Labute approximate surface area is 58.5 Å². The van der Waals surface area contributed by atoms with E-state index in [4.69, 9.17) is 0 Å². The smallest absolute Gasteiger partial charge is 0.0237 e. The molecule has 0 aliphatic carbocycles. The second-order valence-electron chi connectivity index (χ2n) is 2.35. The number of hydrogen-bond donors (Lipinski definition) is 0. The summed E-state index contributed by atoms with van der Waals surface area (Å²) in [7, 11) is 1.23. The number of hydrogen-bond acceptors (Lipinski definition) is 1. The first-order valence-corrected chi connectivity index (χ1v) is 4.65. The first kappa shape index (κ1) is 7.22. The van der Waals surface area contributed by atoms with Gasteiger partial charge in [0.15, 0.2) is 0 Å². The van der Waals surface area contributed by atoms with Crippen molar-refractivity contribution >= 4 is 10.8 Å². The van der Waals surface area contributed by atoms with Gasteiger partial charge in [-0.15, -0.1) is 6.54 Å². The van der Waals surface area contributed by atoms with Gasteiger partial charge in [-0.1, -0.05) is 0 Å². The highest BCUT2D eigenvalue weighted by Gasteiger charge is 2.18. The largest absolute Gasteiger partial charge is 0.664 e. The average Bonchev–Trinajstić information content (AvgIpc) is 2.18. The van der Waals surface area contributed by atoms with Crippen LogP contribution in [0.3, 0.4) is 0 Å². The minimum Gasteiger partial charge on any atom is -0.664 e. The summed E-state index contributed by atoms with van der Waals surface area (Å²) in [4.78, 5) is 0. The zero-order chi connectivity index (χ0) is 6.69. The van der Waals surface area contributed by atoms with Gasteiger partial charge in [0.1, 0.15) is 0 Å². The summed E-state index contributed by atoms with van der Waals surface area (Å²) in [6, 6.07) is 0. The van der Waals surface area contributed by atoms with Crippen LogP contribution in [0.4, 0.5) is 0 Å². The molecule has 0 aromatic heterocycles. The van der Waals surface area contributed by atoms with E-state index in [2.05, 4.69) is 5.32 Å². The van der Waals surface area contributed by atoms with Gasteiger partial charge in [0.05, 0.1) is 0 Å². The number of nitrogens with zero attached hydrogens (tertiary/aromatic N) is 1. The highest BCUT2D eigenvalue weighted by Crippen LogP contribution is 2.16. The van der Waals surface area contributed by atoms with Gasteiger partial charge < -0.3 is 5.32 Å². The Bertz CT molecular complexity index is 116. The number of rotatable bonds is 2. The SMILES string of the molecule is C[N-]CC1CCCS1=O. The predicted octanol–water partition coefficient (Wildman–Crippen LogP) is 0.901. The zero-order valence-corrected chi connectivity index (χ0v) is 6.49. The lowest BCUT2D eigenvalue weighted by Gasteiger charge is -2.15. The van der Waals surface area contributed by atoms with Crippen molar-refractivity contribution in [2.45, 2.75) is 18.1 Å². The summed E-state index contributed by atoms with van der Waals surface area (Å²) in [5, 5.41) is 4.36. The molecule has 0 aromatic carbocycles. The lowest BCUT2D eigenvalue weighted by Crippen LogP contribution is -2.12. The van der Waals surface area contributed by atoms with Crippen molar-refractivity contribution in [3.8, 4) is 0 Å². The molecule has 0 bridgehead atoms. The summed E-state index contributed by atoms with van der Waals surface area (Å²) >= 11 is 0. The molecular weight excluding hydrogens is 134 g/mol. The van der Waals surface area contributed by atoms with E-state index in [9.17, 15) is 4.21 Å². The molecule has 1 fully saturated rings. The molecule has 1 rings (SSSR count). The summed E-state index contributed by atoms with van der Waals surface area (Å²) in [6.07, 6.45) is 2.25. The van der Waals surface area contributed by atoms with E-state index >= 15 is 0 Å². The van der Waals surface area contributed by atoms with Crippen molar-refractivity contribution in [3.63, 3.8) is 0 Å². The van der Waals surface area contributed by atoms with Crippen LogP contribution in [0.15, 0.2) is 0 Å². The Kier molecular flexibility index (Phi) is 2.66. The molecular formula is C6H12NOS-. The van der Waals surface area contributed by atoms with E-state index in [-0.39, 0.29) is 0 Å². The Hall–Kier alpha value is 0.110. The second kappa shape index (κ2) is 3.32. The van der Waals surface area contributed by atoms with E-state index in [1.165, 1.54) is 0 Å². The van der Waals surface area contributed by atoms with Crippen molar-refractivity contribution in [1.29, 1.82) is 0 Å². The standard InChI is InChI=1S/C6H12NOS/c1-7-5-6-3-2-4-9(6)8/h6H,2-5H2,1H3/q-1. The molecule has 2 nitrogen and oxygen atoms in total. The van der Waals surface area contributed by atoms with Gasteiger partial charge in [-0.05, 0) is 12.8 Å². The lowest BCUT2D eigenvalue weighted by atomic mass is 10.2. The Balaban J connectivity index is 2.31. The fraction of sp³-hybridized carbons (Fsp3) is 1.00. The molecule has 0 spiro atoms. The quantitative estimate of drug-likeness (QED) is 0.569. The van der Waals surface area contributed by atoms with E-state index in [0.717, 1.165) is 25.1 Å². The molecule has 0 amide bonds. The minimum atomic E-state index is -0.554. The van der Waals surface area contributed by atoms with E-state index in [0.29, 0.717) is 5.25 Å². The summed E-state index contributed by atoms with van der Waals surface area (Å²) in [5.74, 6) is 0.903. The van der Waals surface area contributed by atoms with Crippen LogP contribution in [-0.2, 0) is 10.8 Å². The minimum absolute atomic E-state index is 0.384. The molecule has 1 aliphatic rings. The monoisotopic (exact) mass is 146 g/mol. The van der Waals surface area contributed by atoms with Crippen molar-refractivity contribution in [2.75, 3.05) is 19.3 Å². The first-order chi connectivity index (χ1) is 4.34. The van der Waals surface area contributed by atoms with Gasteiger partial charge in [0.25, 0.3) is 0 Å². The molecule has 0 radical (unpaired) electrons. The highest BCUT2D eigenvalue weighted by molar-refractivity contribution is 7.85. The molecule has 54 valence electrons. The molecule has 0 saturated carbocycles. The molecule has 0 N–H and O–H groups in total. The first-order valence-electron chi connectivity index (χ1n) is 3.27. The zero-order valence-electron chi connectivity index (χ0n) is 5.67. The van der Waals surface area contributed by atoms with Crippen LogP contribution in [0, 0.1) is 0 Å². The summed E-state index contributed by atoms with van der Waals surface area (Å²) in [5.41, 5.74) is 0. The topological polar surface area (TPSA) is 31.2 Å². The Morgan fingerprint density at radius 3 is 3.00 bits per heavy atom. The van der Waals surface area contributed by atoms with Gasteiger partial charge in [-0.2, -0.15) is 7.05 Å².